The Bertz CT molecular complexity index is 1700. The van der Waals surface area contributed by atoms with Gasteiger partial charge in [-0.05, 0) is 18.2 Å². The molecule has 2 aliphatic rings. The summed E-state index contributed by atoms with van der Waals surface area (Å²) in [5.41, 5.74) is 8.58. The molecule has 1 aromatic carbocycles. The molecule has 214 valence electrons. The quantitative estimate of drug-likeness (QED) is 0.306. The van der Waals surface area contributed by atoms with E-state index in [4.69, 9.17) is 14.9 Å². The lowest BCUT2D eigenvalue weighted by Crippen LogP contribution is -2.47. The standard InChI is InChI=1S/C27H28F3N9O2/c28-17-10-18(29)24(41-25-15-32-14-19(25)30)12-22(17)37-6-3-36(4-7-37)5-8-38-26-16(13-33-38)21-11-20(23-2-1-9-40-23)35-39(21)27(31)34-26/h1-2,9-13,19,25,32H,3-8,14-15H2,(H2,31,34)/t19-,25+/m1/s1. The highest BCUT2D eigenvalue weighted by Gasteiger charge is 2.30. The van der Waals surface area contributed by atoms with Crippen LogP contribution in [-0.4, -0.2) is 87.4 Å². The Hall–Kier alpha value is -4.30. The van der Waals surface area contributed by atoms with Crippen molar-refractivity contribution in [2.24, 2.45) is 0 Å². The fraction of sp³-hybridized carbons (Fsp3) is 0.370. The first-order valence-electron chi connectivity index (χ1n) is 13.5. The molecule has 5 aromatic rings. The number of halogens is 3. The van der Waals surface area contributed by atoms with Gasteiger partial charge in [0.05, 0.1) is 35.6 Å². The van der Waals surface area contributed by atoms with Gasteiger partial charge in [-0.25, -0.2) is 17.9 Å². The van der Waals surface area contributed by atoms with Crippen LogP contribution in [0.1, 0.15) is 0 Å². The number of alkyl halides is 1. The van der Waals surface area contributed by atoms with Crippen molar-refractivity contribution in [2.75, 3.05) is 56.4 Å². The lowest BCUT2D eigenvalue weighted by Gasteiger charge is -2.36. The summed E-state index contributed by atoms with van der Waals surface area (Å²) in [5.74, 6) is -0.762. The van der Waals surface area contributed by atoms with E-state index in [0.717, 1.165) is 17.0 Å². The molecule has 2 fully saturated rings. The molecule has 0 radical (unpaired) electrons. The summed E-state index contributed by atoms with van der Waals surface area (Å²) < 4.78 is 57.5. The third-order valence-electron chi connectivity index (χ3n) is 7.72. The maximum absolute atomic E-state index is 14.7. The van der Waals surface area contributed by atoms with Crippen molar-refractivity contribution < 1.29 is 22.3 Å². The summed E-state index contributed by atoms with van der Waals surface area (Å²) in [5, 5.41) is 12.8. The molecule has 6 heterocycles. The summed E-state index contributed by atoms with van der Waals surface area (Å²) in [7, 11) is 0. The second-order valence-electron chi connectivity index (χ2n) is 10.3. The number of furan rings is 1. The van der Waals surface area contributed by atoms with E-state index in [1.165, 1.54) is 6.07 Å². The average molecular weight is 568 g/mol. The summed E-state index contributed by atoms with van der Waals surface area (Å²) in [6, 6.07) is 7.68. The van der Waals surface area contributed by atoms with Crippen LogP contribution in [0.5, 0.6) is 5.75 Å². The molecule has 2 aliphatic heterocycles. The number of ether oxygens (including phenoxy) is 1. The zero-order valence-electron chi connectivity index (χ0n) is 22.0. The van der Waals surface area contributed by atoms with E-state index >= 15 is 0 Å². The van der Waals surface area contributed by atoms with E-state index in [2.05, 4.69) is 25.4 Å². The number of nitrogens with two attached hydrogens (primary N) is 1. The molecule has 7 rings (SSSR count). The number of nitrogens with zero attached hydrogens (tertiary/aromatic N) is 7. The van der Waals surface area contributed by atoms with E-state index in [-0.39, 0.29) is 30.5 Å². The molecule has 41 heavy (non-hydrogen) atoms. The predicted octanol–water partition coefficient (Wildman–Crippen LogP) is 2.71. The molecule has 0 aliphatic carbocycles. The van der Waals surface area contributed by atoms with Gasteiger partial charge in [0, 0.05) is 57.9 Å². The molecule has 0 amide bonds. The van der Waals surface area contributed by atoms with Crippen LogP contribution >= 0.6 is 0 Å². The van der Waals surface area contributed by atoms with E-state index in [9.17, 15) is 13.2 Å². The van der Waals surface area contributed by atoms with Crippen LogP contribution in [0.25, 0.3) is 28.0 Å². The molecular formula is C27H28F3N9O2. The minimum Gasteiger partial charge on any atom is -0.483 e. The van der Waals surface area contributed by atoms with E-state index < -0.39 is 23.9 Å². The summed E-state index contributed by atoms with van der Waals surface area (Å²) in [6.07, 6.45) is 1.31. The van der Waals surface area contributed by atoms with Gasteiger partial charge in [0.25, 0.3) is 0 Å². The molecule has 0 bridgehead atoms. The van der Waals surface area contributed by atoms with Gasteiger partial charge in [-0.3, -0.25) is 4.90 Å². The molecule has 2 saturated heterocycles. The van der Waals surface area contributed by atoms with Crippen LogP contribution in [-0.2, 0) is 6.54 Å². The van der Waals surface area contributed by atoms with Crippen molar-refractivity contribution in [1.29, 1.82) is 0 Å². The fourth-order valence-corrected chi connectivity index (χ4v) is 5.49. The number of hydrogen-bond donors (Lipinski definition) is 2. The van der Waals surface area contributed by atoms with Gasteiger partial charge in [0.1, 0.15) is 17.6 Å². The van der Waals surface area contributed by atoms with Crippen molar-refractivity contribution >= 4 is 28.2 Å². The average Bonchev–Trinajstić information content (AvgIpc) is 3.77. The minimum atomic E-state index is -1.24. The van der Waals surface area contributed by atoms with E-state index in [1.54, 1.807) is 23.0 Å². The predicted molar refractivity (Wildman–Crippen MR) is 146 cm³/mol. The normalized spacial score (nSPS) is 20.0. The largest absolute Gasteiger partial charge is 0.483 e. The monoisotopic (exact) mass is 567 g/mol. The first-order chi connectivity index (χ1) is 19.9. The summed E-state index contributed by atoms with van der Waals surface area (Å²) >= 11 is 0. The maximum Gasteiger partial charge on any atom is 0.223 e. The van der Waals surface area contributed by atoms with Crippen LogP contribution in [0.4, 0.5) is 24.8 Å². The van der Waals surface area contributed by atoms with Gasteiger partial charge >= 0.3 is 0 Å². The van der Waals surface area contributed by atoms with E-state index in [1.807, 2.05) is 21.7 Å². The highest BCUT2D eigenvalue weighted by atomic mass is 19.1. The Morgan fingerprint density at radius 3 is 2.68 bits per heavy atom. The molecule has 0 spiro atoms. The first-order valence-corrected chi connectivity index (χ1v) is 13.5. The molecule has 11 nitrogen and oxygen atoms in total. The lowest BCUT2D eigenvalue weighted by molar-refractivity contribution is 0.134. The Labute approximate surface area is 232 Å². The second kappa shape index (κ2) is 10.3. The second-order valence-corrected chi connectivity index (χ2v) is 10.3. The van der Waals surface area contributed by atoms with Gasteiger partial charge in [-0.2, -0.15) is 19.7 Å². The number of hydrogen-bond acceptors (Lipinski definition) is 9. The Morgan fingerprint density at radius 1 is 1.07 bits per heavy atom. The highest BCUT2D eigenvalue weighted by molar-refractivity contribution is 5.93. The van der Waals surface area contributed by atoms with Crippen molar-refractivity contribution in [2.45, 2.75) is 18.8 Å². The van der Waals surface area contributed by atoms with Crippen LogP contribution in [0.2, 0.25) is 0 Å². The zero-order valence-corrected chi connectivity index (χ0v) is 22.0. The number of rotatable bonds is 7. The third kappa shape index (κ3) is 4.72. The van der Waals surface area contributed by atoms with Gasteiger partial charge < -0.3 is 25.1 Å². The molecule has 4 aromatic heterocycles. The van der Waals surface area contributed by atoms with Crippen LogP contribution < -0.4 is 20.7 Å². The Kier molecular flexibility index (Phi) is 6.43. The topological polar surface area (TPSA) is 115 Å². The van der Waals surface area contributed by atoms with Crippen molar-refractivity contribution in [3.63, 3.8) is 0 Å². The highest BCUT2D eigenvalue weighted by Crippen LogP contribution is 2.31. The molecular weight excluding hydrogens is 539 g/mol. The lowest BCUT2D eigenvalue weighted by atomic mass is 10.2. The van der Waals surface area contributed by atoms with Crippen LogP contribution in [0, 0.1) is 11.6 Å². The number of nitrogens with one attached hydrogen (secondary N) is 1. The van der Waals surface area contributed by atoms with Gasteiger partial charge in [0.15, 0.2) is 29.1 Å². The number of anilines is 2. The number of benzene rings is 1. The molecule has 0 unspecified atom stereocenters. The number of aromatic nitrogens is 5. The third-order valence-corrected chi connectivity index (χ3v) is 7.72. The fourth-order valence-electron chi connectivity index (χ4n) is 5.49. The molecule has 2 atom stereocenters. The first kappa shape index (κ1) is 25.7. The Balaban J connectivity index is 1.02. The number of piperazine rings is 1. The van der Waals surface area contributed by atoms with Gasteiger partial charge in [0.2, 0.25) is 5.95 Å². The van der Waals surface area contributed by atoms with Crippen LogP contribution in [0.3, 0.4) is 0 Å². The molecule has 0 saturated carbocycles. The SMILES string of the molecule is Nc1nc2c(cnn2CCN2CCN(c3cc(O[C@H]4CNC[C@H]4F)c(F)cc3F)CC2)c2cc(-c3ccco3)nn12. The number of fused-ring (bicyclic) bond motifs is 3. The smallest absolute Gasteiger partial charge is 0.223 e. The van der Waals surface area contributed by atoms with Gasteiger partial charge in [-0.15, -0.1) is 0 Å². The van der Waals surface area contributed by atoms with Crippen LogP contribution in [0.15, 0.2) is 47.2 Å². The molecule has 3 N–H and O–H groups in total. The van der Waals surface area contributed by atoms with Crippen molar-refractivity contribution in [1.82, 2.24) is 34.6 Å². The van der Waals surface area contributed by atoms with E-state index in [0.29, 0.717) is 56.4 Å². The Morgan fingerprint density at radius 2 is 1.93 bits per heavy atom. The van der Waals surface area contributed by atoms with Gasteiger partial charge in [-0.1, -0.05) is 0 Å². The maximum atomic E-state index is 14.7. The number of nitrogen functional groups attached to an aromatic ring is 1. The minimum absolute atomic E-state index is 0.138. The van der Waals surface area contributed by atoms with Crippen molar-refractivity contribution in [3.8, 4) is 17.2 Å². The zero-order chi connectivity index (χ0) is 28.1. The summed E-state index contributed by atoms with van der Waals surface area (Å²) in [4.78, 5) is 8.65. The summed E-state index contributed by atoms with van der Waals surface area (Å²) in [6.45, 7) is 4.11. The molecule has 14 heteroatoms. The van der Waals surface area contributed by atoms with Crippen molar-refractivity contribution in [3.05, 3.63) is 54.4 Å².